The molecule has 1 aliphatic heterocycles. The standard InChI is InChI=1S/C10H7ClO3/c11-7-3-1-6(2-4-7)8-5-9(12)14-10(8)13/h1-4,8H,5H2/t8-/m1/s1. The fraction of sp³-hybridized carbons (Fsp3) is 0.200. The molecule has 0 aliphatic carbocycles. The van der Waals surface area contributed by atoms with Gasteiger partial charge in [-0.25, -0.2) is 0 Å². The van der Waals surface area contributed by atoms with Crippen molar-refractivity contribution in [2.24, 2.45) is 0 Å². The lowest BCUT2D eigenvalue weighted by molar-refractivity contribution is -0.152. The van der Waals surface area contributed by atoms with Crippen LogP contribution in [0.15, 0.2) is 24.3 Å². The molecule has 0 amide bonds. The third-order valence-electron chi connectivity index (χ3n) is 2.14. The number of halogens is 1. The Kier molecular flexibility index (Phi) is 2.25. The van der Waals surface area contributed by atoms with Gasteiger partial charge < -0.3 is 4.74 Å². The van der Waals surface area contributed by atoms with Gasteiger partial charge in [0.05, 0.1) is 12.3 Å². The highest BCUT2D eigenvalue weighted by molar-refractivity contribution is 6.30. The molecule has 1 aromatic rings. The van der Waals surface area contributed by atoms with E-state index >= 15 is 0 Å². The molecule has 0 saturated carbocycles. The molecule has 1 fully saturated rings. The van der Waals surface area contributed by atoms with E-state index in [0.29, 0.717) is 5.02 Å². The fourth-order valence-electron chi connectivity index (χ4n) is 1.42. The van der Waals surface area contributed by atoms with Gasteiger partial charge in [0.1, 0.15) is 0 Å². The lowest BCUT2D eigenvalue weighted by Crippen LogP contribution is -2.05. The summed E-state index contributed by atoms with van der Waals surface area (Å²) in [6.45, 7) is 0. The van der Waals surface area contributed by atoms with E-state index in [9.17, 15) is 9.59 Å². The Morgan fingerprint density at radius 3 is 2.36 bits per heavy atom. The van der Waals surface area contributed by atoms with Crippen LogP contribution in [-0.2, 0) is 14.3 Å². The highest BCUT2D eigenvalue weighted by atomic mass is 35.5. The maximum absolute atomic E-state index is 11.2. The molecule has 72 valence electrons. The zero-order valence-electron chi connectivity index (χ0n) is 7.20. The molecule has 14 heavy (non-hydrogen) atoms. The van der Waals surface area contributed by atoms with Crippen LogP contribution in [-0.4, -0.2) is 11.9 Å². The molecule has 3 nitrogen and oxygen atoms in total. The molecule has 0 bridgehead atoms. The number of cyclic esters (lactones) is 2. The topological polar surface area (TPSA) is 43.4 Å². The summed E-state index contributed by atoms with van der Waals surface area (Å²) in [5, 5.41) is 0.603. The summed E-state index contributed by atoms with van der Waals surface area (Å²) in [6, 6.07) is 6.83. The maximum atomic E-state index is 11.2. The number of hydrogen-bond donors (Lipinski definition) is 0. The number of carbonyl (C=O) groups is 2. The predicted molar refractivity (Wildman–Crippen MR) is 49.9 cm³/mol. The normalized spacial score (nSPS) is 21.1. The molecule has 0 unspecified atom stereocenters. The molecule has 1 aromatic carbocycles. The monoisotopic (exact) mass is 210 g/mol. The van der Waals surface area contributed by atoms with E-state index in [1.807, 2.05) is 0 Å². The van der Waals surface area contributed by atoms with Crippen LogP contribution in [0.1, 0.15) is 17.9 Å². The molecule has 2 rings (SSSR count). The van der Waals surface area contributed by atoms with Crippen molar-refractivity contribution >= 4 is 23.5 Å². The van der Waals surface area contributed by atoms with E-state index in [4.69, 9.17) is 11.6 Å². The molecule has 0 spiro atoms. The minimum Gasteiger partial charge on any atom is -0.393 e. The Morgan fingerprint density at radius 2 is 1.86 bits per heavy atom. The Balaban J connectivity index is 2.27. The van der Waals surface area contributed by atoms with E-state index in [2.05, 4.69) is 4.74 Å². The van der Waals surface area contributed by atoms with Crippen molar-refractivity contribution in [2.75, 3.05) is 0 Å². The first-order valence-electron chi connectivity index (χ1n) is 4.17. The minimum absolute atomic E-state index is 0.125. The van der Waals surface area contributed by atoms with Gasteiger partial charge in [0.2, 0.25) is 0 Å². The average Bonchev–Trinajstić information content (AvgIpc) is 2.47. The van der Waals surface area contributed by atoms with E-state index < -0.39 is 17.9 Å². The summed E-state index contributed by atoms with van der Waals surface area (Å²) in [6.07, 6.45) is 0.125. The fourth-order valence-corrected chi connectivity index (χ4v) is 1.55. The molecule has 4 heteroatoms. The van der Waals surface area contributed by atoms with Crippen molar-refractivity contribution in [1.29, 1.82) is 0 Å². The van der Waals surface area contributed by atoms with Crippen LogP contribution in [0, 0.1) is 0 Å². The van der Waals surface area contributed by atoms with E-state index in [-0.39, 0.29) is 6.42 Å². The van der Waals surface area contributed by atoms with Crippen LogP contribution in [0.2, 0.25) is 5.02 Å². The van der Waals surface area contributed by atoms with Crippen molar-refractivity contribution in [1.82, 2.24) is 0 Å². The first-order chi connectivity index (χ1) is 6.66. The van der Waals surface area contributed by atoms with Crippen molar-refractivity contribution in [3.05, 3.63) is 34.9 Å². The highest BCUT2D eigenvalue weighted by Crippen LogP contribution is 2.28. The lowest BCUT2D eigenvalue weighted by atomic mass is 9.98. The van der Waals surface area contributed by atoms with Crippen molar-refractivity contribution in [3.8, 4) is 0 Å². The maximum Gasteiger partial charge on any atom is 0.321 e. The molecule has 0 aromatic heterocycles. The summed E-state index contributed by atoms with van der Waals surface area (Å²) < 4.78 is 4.45. The lowest BCUT2D eigenvalue weighted by Gasteiger charge is -2.03. The Labute approximate surface area is 85.6 Å². The third kappa shape index (κ3) is 1.63. The van der Waals surface area contributed by atoms with Crippen LogP contribution < -0.4 is 0 Å². The van der Waals surface area contributed by atoms with Crippen molar-refractivity contribution in [3.63, 3.8) is 0 Å². The van der Waals surface area contributed by atoms with Crippen LogP contribution in [0.5, 0.6) is 0 Å². The molecular weight excluding hydrogens is 204 g/mol. The zero-order valence-corrected chi connectivity index (χ0v) is 7.95. The Bertz CT molecular complexity index is 383. The summed E-state index contributed by atoms with van der Waals surface area (Å²) in [4.78, 5) is 22.0. The Morgan fingerprint density at radius 1 is 1.21 bits per heavy atom. The van der Waals surface area contributed by atoms with Gasteiger partial charge in [0.25, 0.3) is 0 Å². The molecule has 0 radical (unpaired) electrons. The van der Waals surface area contributed by atoms with Gasteiger partial charge >= 0.3 is 11.9 Å². The van der Waals surface area contributed by atoms with Crippen LogP contribution in [0.4, 0.5) is 0 Å². The second kappa shape index (κ2) is 3.42. The third-order valence-corrected chi connectivity index (χ3v) is 2.39. The van der Waals surface area contributed by atoms with Crippen molar-refractivity contribution < 1.29 is 14.3 Å². The number of hydrogen-bond acceptors (Lipinski definition) is 3. The van der Waals surface area contributed by atoms with E-state index in [1.165, 1.54) is 0 Å². The first kappa shape index (κ1) is 9.21. The zero-order chi connectivity index (χ0) is 10.1. The quantitative estimate of drug-likeness (QED) is 0.525. The number of carbonyl (C=O) groups excluding carboxylic acids is 2. The van der Waals surface area contributed by atoms with Gasteiger partial charge in [-0.15, -0.1) is 0 Å². The number of rotatable bonds is 1. The van der Waals surface area contributed by atoms with Gasteiger partial charge in [0.15, 0.2) is 0 Å². The van der Waals surface area contributed by atoms with Gasteiger partial charge in [-0.2, -0.15) is 0 Å². The predicted octanol–water partition coefficient (Wildman–Crippen LogP) is 1.90. The van der Waals surface area contributed by atoms with E-state index in [1.54, 1.807) is 24.3 Å². The molecule has 1 heterocycles. The number of ether oxygens (including phenoxy) is 1. The van der Waals surface area contributed by atoms with Gasteiger partial charge in [0, 0.05) is 5.02 Å². The molecule has 1 atom stereocenters. The van der Waals surface area contributed by atoms with Crippen LogP contribution >= 0.6 is 11.6 Å². The summed E-state index contributed by atoms with van der Waals surface area (Å²) in [7, 11) is 0. The second-order valence-electron chi connectivity index (χ2n) is 3.10. The second-order valence-corrected chi connectivity index (χ2v) is 3.54. The van der Waals surface area contributed by atoms with E-state index in [0.717, 1.165) is 5.56 Å². The average molecular weight is 211 g/mol. The van der Waals surface area contributed by atoms with Crippen LogP contribution in [0.25, 0.3) is 0 Å². The molecule has 0 N–H and O–H groups in total. The number of benzene rings is 1. The largest absolute Gasteiger partial charge is 0.393 e. The minimum atomic E-state index is -0.475. The highest BCUT2D eigenvalue weighted by Gasteiger charge is 2.34. The van der Waals surface area contributed by atoms with Gasteiger partial charge in [-0.05, 0) is 17.7 Å². The van der Waals surface area contributed by atoms with Gasteiger partial charge in [-0.1, -0.05) is 23.7 Å². The molecule has 1 aliphatic rings. The summed E-state index contributed by atoms with van der Waals surface area (Å²) in [5.41, 5.74) is 0.769. The Hall–Kier alpha value is -1.35. The number of esters is 2. The van der Waals surface area contributed by atoms with Crippen molar-refractivity contribution in [2.45, 2.75) is 12.3 Å². The first-order valence-corrected chi connectivity index (χ1v) is 4.54. The smallest absolute Gasteiger partial charge is 0.321 e. The SMILES string of the molecule is O=C1C[C@H](c2ccc(Cl)cc2)C(=O)O1. The van der Waals surface area contributed by atoms with Crippen LogP contribution in [0.3, 0.4) is 0 Å². The van der Waals surface area contributed by atoms with Gasteiger partial charge in [-0.3, -0.25) is 9.59 Å². The summed E-state index contributed by atoms with van der Waals surface area (Å²) in [5.74, 6) is -1.40. The molecule has 1 saturated heterocycles. The molecular formula is C10H7ClO3. The summed E-state index contributed by atoms with van der Waals surface area (Å²) >= 11 is 5.70.